The van der Waals surface area contributed by atoms with E-state index in [1.807, 2.05) is 20.8 Å². The number of hydrogen-bond acceptors (Lipinski definition) is 3. The Morgan fingerprint density at radius 1 is 1.47 bits per heavy atom. The van der Waals surface area contributed by atoms with Crippen LogP contribution in [0.15, 0.2) is 0 Å². The van der Waals surface area contributed by atoms with E-state index in [-0.39, 0.29) is 12.1 Å². The van der Waals surface area contributed by atoms with E-state index in [0.717, 1.165) is 25.9 Å². The monoisotopic (exact) mass is 242 g/mol. The zero-order valence-corrected chi connectivity index (χ0v) is 11.5. The molecule has 1 saturated heterocycles. The van der Waals surface area contributed by atoms with Gasteiger partial charge >= 0.3 is 6.09 Å². The van der Waals surface area contributed by atoms with Crippen LogP contribution >= 0.6 is 0 Å². The molecular formula is C13H26N2O2. The van der Waals surface area contributed by atoms with Crippen molar-refractivity contribution in [1.29, 1.82) is 0 Å². The SMILES string of the molecule is CCCC1CCNCC1NC(=O)OC(C)(C)C. The molecule has 0 saturated carbocycles. The lowest BCUT2D eigenvalue weighted by molar-refractivity contribution is 0.0472. The van der Waals surface area contributed by atoms with Gasteiger partial charge in [0.2, 0.25) is 0 Å². The van der Waals surface area contributed by atoms with Crippen LogP contribution in [-0.4, -0.2) is 30.8 Å². The maximum absolute atomic E-state index is 11.7. The van der Waals surface area contributed by atoms with Crippen molar-refractivity contribution in [2.45, 2.75) is 58.6 Å². The van der Waals surface area contributed by atoms with Gasteiger partial charge in [-0.3, -0.25) is 0 Å². The molecule has 4 nitrogen and oxygen atoms in total. The number of ether oxygens (including phenoxy) is 1. The van der Waals surface area contributed by atoms with Gasteiger partial charge in [0, 0.05) is 12.6 Å². The average molecular weight is 242 g/mol. The first-order valence-corrected chi connectivity index (χ1v) is 6.62. The molecule has 2 atom stereocenters. The minimum atomic E-state index is -0.424. The molecule has 0 aliphatic carbocycles. The summed E-state index contributed by atoms with van der Waals surface area (Å²) in [6.07, 6.45) is 3.17. The second-order valence-corrected chi connectivity index (χ2v) is 5.79. The molecule has 4 heteroatoms. The summed E-state index contributed by atoms with van der Waals surface area (Å²) < 4.78 is 5.29. The summed E-state index contributed by atoms with van der Waals surface area (Å²) in [5, 5.41) is 6.31. The van der Waals surface area contributed by atoms with Crippen LogP contribution in [0.3, 0.4) is 0 Å². The van der Waals surface area contributed by atoms with Crippen molar-refractivity contribution in [3.63, 3.8) is 0 Å². The van der Waals surface area contributed by atoms with E-state index in [4.69, 9.17) is 4.74 Å². The topological polar surface area (TPSA) is 50.4 Å². The number of hydrogen-bond donors (Lipinski definition) is 2. The molecular weight excluding hydrogens is 216 g/mol. The Morgan fingerprint density at radius 3 is 2.76 bits per heavy atom. The molecule has 0 bridgehead atoms. The van der Waals surface area contributed by atoms with Crippen LogP contribution < -0.4 is 10.6 Å². The molecule has 0 radical (unpaired) electrons. The van der Waals surface area contributed by atoms with Crippen molar-refractivity contribution < 1.29 is 9.53 Å². The molecule has 0 aromatic heterocycles. The molecule has 1 amide bonds. The Balaban J connectivity index is 2.44. The van der Waals surface area contributed by atoms with E-state index in [1.54, 1.807) is 0 Å². The van der Waals surface area contributed by atoms with E-state index in [0.29, 0.717) is 5.92 Å². The molecule has 1 aliphatic heterocycles. The molecule has 1 aliphatic rings. The van der Waals surface area contributed by atoms with Crippen molar-refractivity contribution >= 4 is 6.09 Å². The fraction of sp³-hybridized carbons (Fsp3) is 0.923. The predicted molar refractivity (Wildman–Crippen MR) is 69.0 cm³/mol. The number of amides is 1. The van der Waals surface area contributed by atoms with E-state index in [9.17, 15) is 4.79 Å². The van der Waals surface area contributed by atoms with E-state index in [1.165, 1.54) is 6.42 Å². The Kier molecular flexibility index (Phi) is 5.25. The number of carbonyl (C=O) groups excluding carboxylic acids is 1. The molecule has 2 N–H and O–H groups in total. The molecule has 1 rings (SSSR count). The highest BCUT2D eigenvalue weighted by molar-refractivity contribution is 5.68. The van der Waals surface area contributed by atoms with E-state index >= 15 is 0 Å². The van der Waals surface area contributed by atoms with E-state index < -0.39 is 5.60 Å². The van der Waals surface area contributed by atoms with Crippen molar-refractivity contribution in [3.05, 3.63) is 0 Å². The summed E-state index contributed by atoms with van der Waals surface area (Å²) in [5.41, 5.74) is -0.424. The molecule has 100 valence electrons. The van der Waals surface area contributed by atoms with Crippen molar-refractivity contribution in [2.24, 2.45) is 5.92 Å². The first-order chi connectivity index (χ1) is 7.92. The minimum absolute atomic E-state index is 0.207. The number of alkyl carbamates (subject to hydrolysis) is 1. The Bertz CT molecular complexity index is 246. The third kappa shape index (κ3) is 5.39. The summed E-state index contributed by atoms with van der Waals surface area (Å²) in [4.78, 5) is 11.7. The fourth-order valence-electron chi connectivity index (χ4n) is 2.26. The maximum atomic E-state index is 11.7. The number of rotatable bonds is 3. The first kappa shape index (κ1) is 14.3. The van der Waals surface area contributed by atoms with Gasteiger partial charge in [-0.25, -0.2) is 4.79 Å². The van der Waals surface area contributed by atoms with Crippen LogP contribution in [-0.2, 0) is 4.74 Å². The van der Waals surface area contributed by atoms with Gasteiger partial charge in [-0.1, -0.05) is 13.3 Å². The summed E-state index contributed by atoms with van der Waals surface area (Å²) in [6, 6.07) is 0.207. The van der Waals surface area contributed by atoms with Gasteiger partial charge in [-0.2, -0.15) is 0 Å². The zero-order valence-electron chi connectivity index (χ0n) is 11.5. The van der Waals surface area contributed by atoms with Gasteiger partial charge in [0.05, 0.1) is 0 Å². The van der Waals surface area contributed by atoms with Crippen LogP contribution in [0.25, 0.3) is 0 Å². The van der Waals surface area contributed by atoms with Gasteiger partial charge in [0.25, 0.3) is 0 Å². The van der Waals surface area contributed by atoms with Gasteiger partial charge in [-0.15, -0.1) is 0 Å². The quantitative estimate of drug-likeness (QED) is 0.798. The number of nitrogens with one attached hydrogen (secondary N) is 2. The van der Waals surface area contributed by atoms with Gasteiger partial charge in [-0.05, 0) is 46.1 Å². The molecule has 1 heterocycles. The lowest BCUT2D eigenvalue weighted by Crippen LogP contribution is -2.52. The highest BCUT2D eigenvalue weighted by Gasteiger charge is 2.27. The maximum Gasteiger partial charge on any atom is 0.407 e. The molecule has 0 spiro atoms. The normalized spacial score (nSPS) is 25.4. The standard InChI is InChI=1S/C13H26N2O2/c1-5-6-10-7-8-14-9-11(10)15-12(16)17-13(2,3)4/h10-11,14H,5-9H2,1-4H3,(H,15,16). The lowest BCUT2D eigenvalue weighted by Gasteiger charge is -2.33. The highest BCUT2D eigenvalue weighted by Crippen LogP contribution is 2.19. The fourth-order valence-corrected chi connectivity index (χ4v) is 2.26. The molecule has 0 aromatic rings. The van der Waals surface area contributed by atoms with Crippen LogP contribution in [0.1, 0.15) is 47.0 Å². The number of carbonyl (C=O) groups is 1. The largest absolute Gasteiger partial charge is 0.444 e. The summed E-state index contributed by atoms with van der Waals surface area (Å²) in [5.74, 6) is 0.578. The van der Waals surface area contributed by atoms with Crippen LogP contribution in [0.2, 0.25) is 0 Å². The second kappa shape index (κ2) is 6.24. The third-order valence-corrected chi connectivity index (χ3v) is 2.99. The van der Waals surface area contributed by atoms with Crippen LogP contribution in [0.4, 0.5) is 4.79 Å². The third-order valence-electron chi connectivity index (χ3n) is 2.99. The zero-order chi connectivity index (χ0) is 12.9. The Labute approximate surface area is 104 Å². The summed E-state index contributed by atoms with van der Waals surface area (Å²) >= 11 is 0. The molecule has 2 unspecified atom stereocenters. The van der Waals surface area contributed by atoms with Gasteiger partial charge in [0.15, 0.2) is 0 Å². The van der Waals surface area contributed by atoms with Crippen LogP contribution in [0, 0.1) is 5.92 Å². The van der Waals surface area contributed by atoms with Gasteiger partial charge < -0.3 is 15.4 Å². The average Bonchev–Trinajstić information content (AvgIpc) is 2.18. The van der Waals surface area contributed by atoms with Crippen molar-refractivity contribution in [3.8, 4) is 0 Å². The first-order valence-electron chi connectivity index (χ1n) is 6.62. The number of piperidine rings is 1. The highest BCUT2D eigenvalue weighted by atomic mass is 16.6. The van der Waals surface area contributed by atoms with Crippen molar-refractivity contribution in [1.82, 2.24) is 10.6 Å². The smallest absolute Gasteiger partial charge is 0.407 e. The Morgan fingerprint density at radius 2 is 2.18 bits per heavy atom. The molecule has 0 aromatic carbocycles. The predicted octanol–water partition coefficient (Wildman–Crippen LogP) is 2.29. The summed E-state index contributed by atoms with van der Waals surface area (Å²) in [7, 11) is 0. The summed E-state index contributed by atoms with van der Waals surface area (Å²) in [6.45, 7) is 9.74. The minimum Gasteiger partial charge on any atom is -0.444 e. The Hall–Kier alpha value is -0.770. The molecule has 1 fully saturated rings. The van der Waals surface area contributed by atoms with Gasteiger partial charge in [0.1, 0.15) is 5.60 Å². The molecule has 17 heavy (non-hydrogen) atoms. The second-order valence-electron chi connectivity index (χ2n) is 5.79. The lowest BCUT2D eigenvalue weighted by atomic mass is 9.89. The van der Waals surface area contributed by atoms with Crippen molar-refractivity contribution in [2.75, 3.05) is 13.1 Å². The van der Waals surface area contributed by atoms with E-state index in [2.05, 4.69) is 17.6 Å². The van der Waals surface area contributed by atoms with Crippen LogP contribution in [0.5, 0.6) is 0 Å².